The van der Waals surface area contributed by atoms with Gasteiger partial charge < -0.3 is 10.4 Å². The Labute approximate surface area is 119 Å². The summed E-state index contributed by atoms with van der Waals surface area (Å²) >= 11 is 6.02. The van der Waals surface area contributed by atoms with Crippen LogP contribution in [0.2, 0.25) is 5.02 Å². The third kappa shape index (κ3) is 2.31. The number of nitrogens with one attached hydrogen (secondary N) is 2. The van der Waals surface area contributed by atoms with Crippen molar-refractivity contribution in [1.82, 2.24) is 5.43 Å². The van der Waals surface area contributed by atoms with Crippen LogP contribution in [0, 0.1) is 0 Å². The maximum absolute atomic E-state index is 11.6. The van der Waals surface area contributed by atoms with Crippen LogP contribution in [0.4, 0.5) is 10.5 Å². The smallest absolute Gasteiger partial charge is 0.339 e. The second kappa shape index (κ2) is 4.86. The van der Waals surface area contributed by atoms with Crippen LogP contribution in [0.3, 0.4) is 0 Å². The molecule has 2 amide bonds. The standard InChI is InChI=1S/C14H10ClN3O2/c15-9-3-6-12-11(7-9)13(17-18-14(20)16-12)8-1-4-10(19)5-2-8/h1-7,19H,(H2,16,18,20). The molecule has 6 heteroatoms. The van der Waals surface area contributed by atoms with E-state index >= 15 is 0 Å². The number of fused-ring (bicyclic) bond motifs is 1. The van der Waals surface area contributed by atoms with Gasteiger partial charge in [0.05, 0.1) is 5.69 Å². The fourth-order valence-corrected chi connectivity index (χ4v) is 2.15. The van der Waals surface area contributed by atoms with Crippen molar-refractivity contribution in [2.45, 2.75) is 0 Å². The second-order valence-corrected chi connectivity index (χ2v) is 4.70. The van der Waals surface area contributed by atoms with Gasteiger partial charge in [-0.1, -0.05) is 11.6 Å². The Morgan fingerprint density at radius 2 is 1.85 bits per heavy atom. The highest BCUT2D eigenvalue weighted by Gasteiger charge is 2.18. The lowest BCUT2D eigenvalue weighted by molar-refractivity contribution is 0.252. The molecule has 3 N–H and O–H groups in total. The molecule has 3 rings (SSSR count). The van der Waals surface area contributed by atoms with E-state index in [2.05, 4.69) is 15.8 Å². The van der Waals surface area contributed by atoms with E-state index in [4.69, 9.17) is 11.6 Å². The molecule has 2 aromatic rings. The normalized spacial score (nSPS) is 13.7. The molecule has 0 radical (unpaired) electrons. The molecule has 20 heavy (non-hydrogen) atoms. The predicted octanol–water partition coefficient (Wildman–Crippen LogP) is 2.93. The summed E-state index contributed by atoms with van der Waals surface area (Å²) < 4.78 is 0. The quantitative estimate of drug-likeness (QED) is 0.754. The van der Waals surface area contributed by atoms with E-state index in [0.717, 1.165) is 5.56 Å². The lowest BCUT2D eigenvalue weighted by Gasteiger charge is -2.09. The Bertz CT molecular complexity index is 711. The van der Waals surface area contributed by atoms with Crippen LogP contribution in [0.5, 0.6) is 5.75 Å². The van der Waals surface area contributed by atoms with Crippen molar-refractivity contribution in [2.24, 2.45) is 5.10 Å². The van der Waals surface area contributed by atoms with Crippen molar-refractivity contribution < 1.29 is 9.90 Å². The first-order chi connectivity index (χ1) is 9.63. The van der Waals surface area contributed by atoms with Crippen LogP contribution in [-0.2, 0) is 0 Å². The molecular formula is C14H10ClN3O2. The van der Waals surface area contributed by atoms with E-state index in [9.17, 15) is 9.90 Å². The Balaban J connectivity index is 2.17. The summed E-state index contributed by atoms with van der Waals surface area (Å²) in [4.78, 5) is 11.6. The highest BCUT2D eigenvalue weighted by molar-refractivity contribution is 6.31. The van der Waals surface area contributed by atoms with Gasteiger partial charge in [0.1, 0.15) is 11.5 Å². The number of carbonyl (C=O) groups excluding carboxylic acids is 1. The molecule has 0 bridgehead atoms. The molecule has 1 heterocycles. The lowest BCUT2D eigenvalue weighted by atomic mass is 10.0. The highest BCUT2D eigenvalue weighted by atomic mass is 35.5. The average molecular weight is 288 g/mol. The summed E-state index contributed by atoms with van der Waals surface area (Å²) in [6.07, 6.45) is 0. The molecule has 0 fully saturated rings. The number of rotatable bonds is 1. The number of urea groups is 1. The molecule has 1 aliphatic rings. The SMILES string of the molecule is O=C1NN=C(c2ccc(O)cc2)c2cc(Cl)ccc2N1. The molecule has 0 saturated carbocycles. The number of hydrazone groups is 1. The molecule has 1 aliphatic heterocycles. The van der Waals surface area contributed by atoms with Gasteiger partial charge in [0, 0.05) is 16.1 Å². The monoisotopic (exact) mass is 287 g/mol. The van der Waals surface area contributed by atoms with Crippen molar-refractivity contribution in [1.29, 1.82) is 0 Å². The Hall–Kier alpha value is -2.53. The Kier molecular flexibility index (Phi) is 3.04. The molecule has 0 aliphatic carbocycles. The Morgan fingerprint density at radius 1 is 1.10 bits per heavy atom. The number of hydrogen-bond donors (Lipinski definition) is 3. The Morgan fingerprint density at radius 3 is 2.60 bits per heavy atom. The van der Waals surface area contributed by atoms with Gasteiger partial charge in [-0.25, -0.2) is 10.2 Å². The third-order valence-electron chi connectivity index (χ3n) is 2.89. The van der Waals surface area contributed by atoms with Crippen molar-refractivity contribution in [2.75, 3.05) is 5.32 Å². The van der Waals surface area contributed by atoms with Gasteiger partial charge >= 0.3 is 6.03 Å². The molecule has 100 valence electrons. The van der Waals surface area contributed by atoms with Crippen LogP contribution in [0.15, 0.2) is 47.6 Å². The number of anilines is 1. The molecule has 0 aromatic heterocycles. The van der Waals surface area contributed by atoms with Crippen LogP contribution >= 0.6 is 11.6 Å². The van der Waals surface area contributed by atoms with Gasteiger partial charge in [0.25, 0.3) is 0 Å². The number of phenolic OH excluding ortho intramolecular Hbond substituents is 1. The van der Waals surface area contributed by atoms with Gasteiger partial charge in [0.15, 0.2) is 0 Å². The molecule has 5 nitrogen and oxygen atoms in total. The van der Waals surface area contributed by atoms with E-state index < -0.39 is 6.03 Å². The number of amides is 2. The molecular weight excluding hydrogens is 278 g/mol. The minimum absolute atomic E-state index is 0.163. The third-order valence-corrected chi connectivity index (χ3v) is 3.13. The number of hydrogen-bond acceptors (Lipinski definition) is 3. The number of nitrogens with zero attached hydrogens (tertiary/aromatic N) is 1. The summed E-state index contributed by atoms with van der Waals surface area (Å²) in [6.45, 7) is 0. The zero-order valence-corrected chi connectivity index (χ0v) is 11.0. The van der Waals surface area contributed by atoms with E-state index in [0.29, 0.717) is 22.0 Å². The van der Waals surface area contributed by atoms with Crippen molar-refractivity contribution in [3.05, 3.63) is 58.6 Å². The fourth-order valence-electron chi connectivity index (χ4n) is 1.98. The summed E-state index contributed by atoms with van der Waals surface area (Å²) in [5, 5.41) is 16.7. The summed E-state index contributed by atoms with van der Waals surface area (Å²) in [5.74, 6) is 0.163. The number of phenols is 1. The highest BCUT2D eigenvalue weighted by Crippen LogP contribution is 2.26. The molecule has 2 aromatic carbocycles. The van der Waals surface area contributed by atoms with Crippen LogP contribution in [0.25, 0.3) is 0 Å². The number of carbonyl (C=O) groups is 1. The number of benzene rings is 2. The lowest BCUT2D eigenvalue weighted by Crippen LogP contribution is -2.22. The maximum Gasteiger partial charge on any atom is 0.339 e. The average Bonchev–Trinajstić information content (AvgIpc) is 2.58. The molecule has 0 saturated heterocycles. The van der Waals surface area contributed by atoms with Crippen molar-refractivity contribution in [3.63, 3.8) is 0 Å². The van der Waals surface area contributed by atoms with Crippen LogP contribution < -0.4 is 10.7 Å². The zero-order chi connectivity index (χ0) is 14.1. The predicted molar refractivity (Wildman–Crippen MR) is 77.4 cm³/mol. The largest absolute Gasteiger partial charge is 0.508 e. The topological polar surface area (TPSA) is 73.7 Å². The van der Waals surface area contributed by atoms with E-state index in [-0.39, 0.29) is 5.75 Å². The summed E-state index contributed by atoms with van der Waals surface area (Å²) in [7, 11) is 0. The first kappa shape index (κ1) is 12.5. The summed E-state index contributed by atoms with van der Waals surface area (Å²) in [6, 6.07) is 11.3. The molecule has 0 spiro atoms. The minimum Gasteiger partial charge on any atom is -0.508 e. The van der Waals surface area contributed by atoms with Crippen molar-refractivity contribution >= 4 is 29.0 Å². The molecule has 0 unspecified atom stereocenters. The van der Waals surface area contributed by atoms with E-state index in [1.54, 1.807) is 42.5 Å². The van der Waals surface area contributed by atoms with Crippen LogP contribution in [0.1, 0.15) is 11.1 Å². The van der Waals surface area contributed by atoms with Crippen LogP contribution in [-0.4, -0.2) is 16.8 Å². The molecule has 0 atom stereocenters. The van der Waals surface area contributed by atoms with E-state index in [1.807, 2.05) is 0 Å². The maximum atomic E-state index is 11.6. The van der Waals surface area contributed by atoms with Gasteiger partial charge in [-0.05, 0) is 42.5 Å². The zero-order valence-electron chi connectivity index (χ0n) is 10.2. The first-order valence-corrected chi connectivity index (χ1v) is 6.25. The fraction of sp³-hybridized carbons (Fsp3) is 0. The first-order valence-electron chi connectivity index (χ1n) is 5.87. The number of aromatic hydroxyl groups is 1. The van der Waals surface area contributed by atoms with E-state index in [1.165, 1.54) is 0 Å². The van der Waals surface area contributed by atoms with Gasteiger partial charge in [0.2, 0.25) is 0 Å². The van der Waals surface area contributed by atoms with Gasteiger partial charge in [-0.15, -0.1) is 0 Å². The summed E-state index contributed by atoms with van der Waals surface area (Å²) in [5.41, 5.74) is 5.07. The number of halogens is 1. The second-order valence-electron chi connectivity index (χ2n) is 4.26. The van der Waals surface area contributed by atoms with Gasteiger partial charge in [-0.3, -0.25) is 0 Å². The van der Waals surface area contributed by atoms with Gasteiger partial charge in [-0.2, -0.15) is 5.10 Å². The minimum atomic E-state index is -0.414. The van der Waals surface area contributed by atoms with Crippen molar-refractivity contribution in [3.8, 4) is 5.75 Å².